The molecule has 2 atom stereocenters. The minimum absolute atomic E-state index is 0.0615. The summed E-state index contributed by atoms with van der Waals surface area (Å²) in [5.41, 5.74) is 0. The lowest BCUT2D eigenvalue weighted by Crippen LogP contribution is -2.52. The van der Waals surface area contributed by atoms with Gasteiger partial charge in [-0.25, -0.2) is 0 Å². The number of amides is 2. The first-order chi connectivity index (χ1) is 9.27. The zero-order valence-electron chi connectivity index (χ0n) is 13.7. The Bertz CT molecular complexity index is 303. The third-order valence-electron chi connectivity index (χ3n) is 2.99. The maximum Gasteiger partial charge on any atom is 0.242 e. The summed E-state index contributed by atoms with van der Waals surface area (Å²) < 4.78 is 0. The highest BCUT2D eigenvalue weighted by molar-refractivity contribution is 5.87. The minimum Gasteiger partial charge on any atom is -0.353 e. The van der Waals surface area contributed by atoms with Crippen LogP contribution in [0.25, 0.3) is 0 Å². The van der Waals surface area contributed by atoms with Crippen LogP contribution in [0, 0.1) is 11.8 Å². The summed E-state index contributed by atoms with van der Waals surface area (Å²) in [6, 6.07) is -0.238. The van der Waals surface area contributed by atoms with Crippen LogP contribution in [0.4, 0.5) is 0 Å². The van der Waals surface area contributed by atoms with E-state index < -0.39 is 6.04 Å². The van der Waals surface area contributed by atoms with Gasteiger partial charge in [-0.05, 0) is 25.3 Å². The standard InChI is InChI=1S/C15H31N3O2/c1-7-16-12(6)9-17-15(20)14(11(4)5)18-13(19)8-10(2)3/h10-12,14,16H,7-9H2,1-6H3,(H,17,20)(H,18,19)/t12-,14?/m1/s1. The van der Waals surface area contributed by atoms with E-state index in [1.165, 1.54) is 0 Å². The zero-order valence-corrected chi connectivity index (χ0v) is 13.7. The lowest BCUT2D eigenvalue weighted by Gasteiger charge is -2.23. The molecule has 0 aromatic rings. The molecule has 118 valence electrons. The number of likely N-dealkylation sites (N-methyl/N-ethyl adjacent to an activating group) is 1. The molecule has 0 bridgehead atoms. The van der Waals surface area contributed by atoms with Crippen molar-refractivity contribution >= 4 is 11.8 Å². The predicted octanol–water partition coefficient (Wildman–Crippen LogP) is 1.29. The molecule has 0 saturated carbocycles. The minimum atomic E-state index is -0.463. The first-order valence-corrected chi connectivity index (χ1v) is 7.58. The molecule has 0 spiro atoms. The van der Waals surface area contributed by atoms with Crippen molar-refractivity contribution in [2.24, 2.45) is 11.8 Å². The van der Waals surface area contributed by atoms with Gasteiger partial charge >= 0.3 is 0 Å². The molecule has 3 N–H and O–H groups in total. The van der Waals surface area contributed by atoms with Gasteiger partial charge in [-0.1, -0.05) is 34.6 Å². The Morgan fingerprint density at radius 1 is 1.05 bits per heavy atom. The molecule has 0 rings (SSSR count). The molecule has 0 saturated heterocycles. The Labute approximate surface area is 123 Å². The summed E-state index contributed by atoms with van der Waals surface area (Å²) in [6.07, 6.45) is 0.449. The molecule has 0 radical (unpaired) electrons. The van der Waals surface area contributed by atoms with Crippen molar-refractivity contribution in [3.63, 3.8) is 0 Å². The predicted molar refractivity (Wildman–Crippen MR) is 82.4 cm³/mol. The van der Waals surface area contributed by atoms with E-state index in [1.54, 1.807) is 0 Å². The van der Waals surface area contributed by atoms with Crippen molar-refractivity contribution in [1.29, 1.82) is 0 Å². The van der Waals surface area contributed by atoms with Gasteiger partial charge < -0.3 is 16.0 Å². The topological polar surface area (TPSA) is 70.2 Å². The average Bonchev–Trinajstić information content (AvgIpc) is 2.32. The van der Waals surface area contributed by atoms with E-state index in [0.29, 0.717) is 18.9 Å². The second kappa shape index (κ2) is 9.75. The molecule has 0 aromatic carbocycles. The van der Waals surface area contributed by atoms with Gasteiger partial charge in [0, 0.05) is 19.0 Å². The molecule has 2 amide bonds. The van der Waals surface area contributed by atoms with Crippen molar-refractivity contribution < 1.29 is 9.59 Å². The van der Waals surface area contributed by atoms with E-state index in [2.05, 4.69) is 16.0 Å². The SMILES string of the molecule is CCN[C@H](C)CNC(=O)C(NC(=O)CC(C)C)C(C)C. The largest absolute Gasteiger partial charge is 0.353 e. The van der Waals surface area contributed by atoms with Crippen LogP contribution in [0.15, 0.2) is 0 Å². The number of hydrogen-bond donors (Lipinski definition) is 3. The molecule has 5 nitrogen and oxygen atoms in total. The van der Waals surface area contributed by atoms with E-state index in [9.17, 15) is 9.59 Å². The summed E-state index contributed by atoms with van der Waals surface area (Å²) in [5.74, 6) is 0.190. The second-order valence-corrected chi connectivity index (χ2v) is 6.09. The maximum atomic E-state index is 12.2. The van der Waals surface area contributed by atoms with Gasteiger partial charge in [0.15, 0.2) is 0 Å². The molecule has 0 aliphatic carbocycles. The fourth-order valence-electron chi connectivity index (χ4n) is 1.92. The highest BCUT2D eigenvalue weighted by Gasteiger charge is 2.24. The Kier molecular flexibility index (Phi) is 9.21. The summed E-state index contributed by atoms with van der Waals surface area (Å²) in [7, 11) is 0. The number of nitrogens with one attached hydrogen (secondary N) is 3. The average molecular weight is 285 g/mol. The Morgan fingerprint density at radius 3 is 2.10 bits per heavy atom. The highest BCUT2D eigenvalue weighted by atomic mass is 16.2. The summed E-state index contributed by atoms with van der Waals surface area (Å²) in [5, 5.41) is 8.96. The van der Waals surface area contributed by atoms with Crippen LogP contribution in [0.1, 0.15) is 48.0 Å². The Balaban J connectivity index is 4.37. The van der Waals surface area contributed by atoms with Crippen molar-refractivity contribution in [3.8, 4) is 0 Å². The molecule has 0 aliphatic heterocycles. The quantitative estimate of drug-likeness (QED) is 0.598. The van der Waals surface area contributed by atoms with Crippen LogP contribution in [0.5, 0.6) is 0 Å². The first-order valence-electron chi connectivity index (χ1n) is 7.58. The van der Waals surface area contributed by atoms with Gasteiger partial charge in [0.1, 0.15) is 6.04 Å². The Morgan fingerprint density at radius 2 is 1.65 bits per heavy atom. The van der Waals surface area contributed by atoms with Crippen molar-refractivity contribution in [2.45, 2.75) is 60.0 Å². The molecule has 0 aliphatic rings. The monoisotopic (exact) mass is 285 g/mol. The summed E-state index contributed by atoms with van der Waals surface area (Å²) in [4.78, 5) is 24.0. The number of hydrogen-bond acceptors (Lipinski definition) is 3. The van der Waals surface area contributed by atoms with Gasteiger partial charge in [0.05, 0.1) is 0 Å². The smallest absolute Gasteiger partial charge is 0.242 e. The van der Waals surface area contributed by atoms with Gasteiger partial charge in [-0.2, -0.15) is 0 Å². The molecule has 0 heterocycles. The fourth-order valence-corrected chi connectivity index (χ4v) is 1.92. The van der Waals surface area contributed by atoms with E-state index >= 15 is 0 Å². The van der Waals surface area contributed by atoms with Crippen molar-refractivity contribution in [2.75, 3.05) is 13.1 Å². The first kappa shape index (κ1) is 18.9. The number of rotatable bonds is 9. The van der Waals surface area contributed by atoms with Gasteiger partial charge in [-0.3, -0.25) is 9.59 Å². The number of carbonyl (C=O) groups is 2. The normalized spacial score (nSPS) is 14.2. The van der Waals surface area contributed by atoms with Crippen LogP contribution in [-0.4, -0.2) is 37.0 Å². The summed E-state index contributed by atoms with van der Waals surface area (Å²) in [6.45, 7) is 13.3. The number of carbonyl (C=O) groups excluding carboxylic acids is 2. The Hall–Kier alpha value is -1.10. The summed E-state index contributed by atoms with van der Waals surface area (Å²) >= 11 is 0. The van der Waals surface area contributed by atoms with Crippen LogP contribution in [0.3, 0.4) is 0 Å². The lowest BCUT2D eigenvalue weighted by molar-refractivity contribution is -0.130. The van der Waals surface area contributed by atoms with Crippen molar-refractivity contribution in [1.82, 2.24) is 16.0 Å². The fraction of sp³-hybridized carbons (Fsp3) is 0.867. The van der Waals surface area contributed by atoms with Crippen LogP contribution < -0.4 is 16.0 Å². The van der Waals surface area contributed by atoms with Crippen LogP contribution in [-0.2, 0) is 9.59 Å². The van der Waals surface area contributed by atoms with E-state index in [1.807, 2.05) is 41.5 Å². The second-order valence-electron chi connectivity index (χ2n) is 6.09. The van der Waals surface area contributed by atoms with Gasteiger partial charge in [0.2, 0.25) is 11.8 Å². The molecule has 0 aromatic heterocycles. The van der Waals surface area contributed by atoms with Crippen LogP contribution in [0.2, 0.25) is 0 Å². The van der Waals surface area contributed by atoms with Gasteiger partial charge in [-0.15, -0.1) is 0 Å². The molecular formula is C15H31N3O2. The third-order valence-corrected chi connectivity index (χ3v) is 2.99. The van der Waals surface area contributed by atoms with E-state index in [-0.39, 0.29) is 23.8 Å². The molecular weight excluding hydrogens is 254 g/mol. The van der Waals surface area contributed by atoms with Gasteiger partial charge in [0.25, 0.3) is 0 Å². The van der Waals surface area contributed by atoms with E-state index in [4.69, 9.17) is 0 Å². The maximum absolute atomic E-state index is 12.2. The molecule has 5 heteroatoms. The lowest BCUT2D eigenvalue weighted by atomic mass is 10.0. The molecule has 20 heavy (non-hydrogen) atoms. The zero-order chi connectivity index (χ0) is 15.7. The molecule has 1 unspecified atom stereocenters. The van der Waals surface area contributed by atoms with Crippen molar-refractivity contribution in [3.05, 3.63) is 0 Å². The third kappa shape index (κ3) is 8.15. The highest BCUT2D eigenvalue weighted by Crippen LogP contribution is 2.05. The van der Waals surface area contributed by atoms with Crippen LogP contribution >= 0.6 is 0 Å². The molecule has 0 fully saturated rings. The van der Waals surface area contributed by atoms with E-state index in [0.717, 1.165) is 6.54 Å².